The van der Waals surface area contributed by atoms with Crippen LogP contribution >= 0.6 is 0 Å². The average molecular weight is 400 g/mol. The number of nitrogens with two attached hydrogens (primary N) is 3. The summed E-state index contributed by atoms with van der Waals surface area (Å²) in [6.45, 7) is 3.95. The number of aliphatic imine (C=N–C) groups is 1. The van der Waals surface area contributed by atoms with Gasteiger partial charge in [-0.15, -0.1) is 0 Å². The van der Waals surface area contributed by atoms with Gasteiger partial charge in [-0.2, -0.15) is 0 Å². The first kappa shape index (κ1) is 26.1. The molecular formula is C19H41N7O2. The van der Waals surface area contributed by atoms with E-state index in [0.29, 0.717) is 26.1 Å². The average Bonchev–Trinajstić information content (AvgIpc) is 2.66. The van der Waals surface area contributed by atoms with Crippen LogP contribution in [-0.4, -0.2) is 57.0 Å². The maximum absolute atomic E-state index is 11.7. The minimum atomic E-state index is -0.134. The van der Waals surface area contributed by atoms with Crippen molar-refractivity contribution in [1.29, 1.82) is 0 Å². The smallest absolute Gasteiger partial charge is 0.239 e. The SMILES string of the molecule is NCCCNCCCCNC(=O)CNC(=O)CCCCCCCCN=C(N)N. The topological polar surface area (TPSA) is 161 Å². The predicted molar refractivity (Wildman–Crippen MR) is 115 cm³/mol. The molecule has 0 bridgehead atoms. The normalized spacial score (nSPS) is 10.5. The molecule has 0 aromatic carbocycles. The molecule has 9 N–H and O–H groups in total. The highest BCUT2D eigenvalue weighted by Gasteiger charge is 2.05. The molecule has 0 fully saturated rings. The number of hydrogen-bond acceptors (Lipinski definition) is 5. The van der Waals surface area contributed by atoms with Gasteiger partial charge in [0, 0.05) is 19.5 Å². The van der Waals surface area contributed by atoms with Gasteiger partial charge in [-0.25, -0.2) is 0 Å². The summed E-state index contributed by atoms with van der Waals surface area (Å²) < 4.78 is 0. The maximum Gasteiger partial charge on any atom is 0.239 e. The molecule has 0 aromatic rings. The van der Waals surface area contributed by atoms with Crippen LogP contribution in [0.2, 0.25) is 0 Å². The van der Waals surface area contributed by atoms with E-state index < -0.39 is 0 Å². The fourth-order valence-corrected chi connectivity index (χ4v) is 2.60. The summed E-state index contributed by atoms with van der Waals surface area (Å²) in [4.78, 5) is 27.4. The van der Waals surface area contributed by atoms with E-state index in [4.69, 9.17) is 17.2 Å². The number of carbonyl (C=O) groups is 2. The second-order valence-electron chi connectivity index (χ2n) is 6.90. The van der Waals surface area contributed by atoms with Crippen LogP contribution in [0.5, 0.6) is 0 Å². The Morgan fingerprint density at radius 1 is 0.714 bits per heavy atom. The molecule has 28 heavy (non-hydrogen) atoms. The van der Waals surface area contributed by atoms with Crippen molar-refractivity contribution in [3.63, 3.8) is 0 Å². The van der Waals surface area contributed by atoms with Crippen LogP contribution in [0.15, 0.2) is 4.99 Å². The lowest BCUT2D eigenvalue weighted by Gasteiger charge is -2.07. The highest BCUT2D eigenvalue weighted by Crippen LogP contribution is 2.07. The van der Waals surface area contributed by atoms with Gasteiger partial charge in [0.25, 0.3) is 0 Å². The van der Waals surface area contributed by atoms with Crippen molar-refractivity contribution in [2.24, 2.45) is 22.2 Å². The number of guanidine groups is 1. The fourth-order valence-electron chi connectivity index (χ4n) is 2.60. The first-order valence-electron chi connectivity index (χ1n) is 10.6. The number of unbranched alkanes of at least 4 members (excludes halogenated alkanes) is 6. The molecule has 0 aromatic heterocycles. The molecule has 0 unspecified atom stereocenters. The Balaban J connectivity index is 3.37. The molecule has 0 atom stereocenters. The van der Waals surface area contributed by atoms with Crippen LogP contribution in [0.1, 0.15) is 64.2 Å². The molecular weight excluding hydrogens is 358 g/mol. The Bertz CT molecular complexity index is 427. The van der Waals surface area contributed by atoms with Gasteiger partial charge in [-0.3, -0.25) is 14.6 Å². The molecule has 9 nitrogen and oxygen atoms in total. The van der Waals surface area contributed by atoms with Crippen LogP contribution in [0.3, 0.4) is 0 Å². The molecule has 0 radical (unpaired) electrons. The van der Waals surface area contributed by atoms with E-state index in [1.54, 1.807) is 0 Å². The zero-order valence-electron chi connectivity index (χ0n) is 17.3. The van der Waals surface area contributed by atoms with Gasteiger partial charge in [0.2, 0.25) is 11.8 Å². The van der Waals surface area contributed by atoms with Crippen molar-refractivity contribution in [2.45, 2.75) is 64.2 Å². The Hall–Kier alpha value is -1.87. The minimum Gasteiger partial charge on any atom is -0.370 e. The third-order valence-corrected chi connectivity index (χ3v) is 4.21. The van der Waals surface area contributed by atoms with E-state index in [9.17, 15) is 9.59 Å². The summed E-state index contributed by atoms with van der Waals surface area (Å²) in [5.41, 5.74) is 15.9. The van der Waals surface area contributed by atoms with Crippen LogP contribution in [0, 0.1) is 0 Å². The molecule has 9 heteroatoms. The van der Waals surface area contributed by atoms with Crippen molar-refractivity contribution in [1.82, 2.24) is 16.0 Å². The molecule has 0 heterocycles. The molecule has 0 aliphatic carbocycles. The minimum absolute atomic E-state index is 0.0539. The lowest BCUT2D eigenvalue weighted by atomic mass is 10.1. The Kier molecular flexibility index (Phi) is 18.6. The van der Waals surface area contributed by atoms with Gasteiger partial charge in [0.15, 0.2) is 5.96 Å². The highest BCUT2D eigenvalue weighted by molar-refractivity contribution is 5.84. The quantitative estimate of drug-likeness (QED) is 0.101. The summed E-state index contributed by atoms with van der Waals surface area (Å²) in [6, 6.07) is 0. The third-order valence-electron chi connectivity index (χ3n) is 4.21. The van der Waals surface area contributed by atoms with E-state index in [2.05, 4.69) is 20.9 Å². The van der Waals surface area contributed by atoms with Crippen LogP contribution in [0.4, 0.5) is 0 Å². The van der Waals surface area contributed by atoms with Gasteiger partial charge < -0.3 is 33.2 Å². The van der Waals surface area contributed by atoms with Crippen molar-refractivity contribution < 1.29 is 9.59 Å². The molecule has 0 rings (SSSR count). The second kappa shape index (κ2) is 19.9. The lowest BCUT2D eigenvalue weighted by molar-refractivity contribution is -0.126. The number of carbonyl (C=O) groups excluding carboxylic acids is 2. The predicted octanol–water partition coefficient (Wildman–Crippen LogP) is -0.0585. The van der Waals surface area contributed by atoms with Crippen LogP contribution in [-0.2, 0) is 9.59 Å². The van der Waals surface area contributed by atoms with E-state index in [-0.39, 0.29) is 24.3 Å². The molecule has 0 spiro atoms. The van der Waals surface area contributed by atoms with Gasteiger partial charge >= 0.3 is 0 Å². The highest BCUT2D eigenvalue weighted by atomic mass is 16.2. The van der Waals surface area contributed by atoms with Gasteiger partial charge in [-0.05, 0) is 51.7 Å². The number of nitrogens with zero attached hydrogens (tertiary/aromatic N) is 1. The lowest BCUT2D eigenvalue weighted by Crippen LogP contribution is -2.37. The number of nitrogens with one attached hydrogen (secondary N) is 3. The Labute approximate surface area is 169 Å². The summed E-state index contributed by atoms with van der Waals surface area (Å²) in [5, 5.41) is 8.79. The van der Waals surface area contributed by atoms with Crippen molar-refractivity contribution in [3.05, 3.63) is 0 Å². The summed E-state index contributed by atoms with van der Waals surface area (Å²) in [7, 11) is 0. The van der Waals surface area contributed by atoms with Crippen LogP contribution in [0.25, 0.3) is 0 Å². The monoisotopic (exact) mass is 399 g/mol. The summed E-state index contributed by atoms with van der Waals surface area (Å²) >= 11 is 0. The van der Waals surface area contributed by atoms with Gasteiger partial charge in [0.1, 0.15) is 0 Å². The molecule has 0 aliphatic heterocycles. The first-order chi connectivity index (χ1) is 13.6. The second-order valence-corrected chi connectivity index (χ2v) is 6.90. The third kappa shape index (κ3) is 20.4. The zero-order valence-corrected chi connectivity index (χ0v) is 17.3. The molecule has 0 saturated carbocycles. The number of amides is 2. The Morgan fingerprint density at radius 3 is 2.07 bits per heavy atom. The molecule has 0 aliphatic rings. The first-order valence-corrected chi connectivity index (χ1v) is 10.6. The van der Waals surface area contributed by atoms with Crippen LogP contribution < -0.4 is 33.2 Å². The molecule has 2 amide bonds. The largest absolute Gasteiger partial charge is 0.370 e. The van der Waals surface area contributed by atoms with Crippen molar-refractivity contribution >= 4 is 17.8 Å². The van der Waals surface area contributed by atoms with Gasteiger partial charge in [-0.1, -0.05) is 25.7 Å². The summed E-state index contributed by atoms with van der Waals surface area (Å²) in [6.07, 6.45) is 9.52. The van der Waals surface area contributed by atoms with E-state index >= 15 is 0 Å². The Morgan fingerprint density at radius 2 is 1.36 bits per heavy atom. The van der Waals surface area contributed by atoms with E-state index in [1.165, 1.54) is 0 Å². The number of hydrogen-bond donors (Lipinski definition) is 6. The molecule has 0 saturated heterocycles. The standard InChI is InChI=1S/C19H41N7O2/c20-11-9-13-23-12-7-8-14-24-18(28)16-26-17(27)10-5-3-1-2-4-6-15-25-19(21)22/h23H,1-16,20H2,(H,24,28)(H,26,27)(H4,21,22,25). The van der Waals surface area contributed by atoms with Crippen molar-refractivity contribution in [2.75, 3.05) is 39.3 Å². The van der Waals surface area contributed by atoms with Gasteiger partial charge in [0.05, 0.1) is 6.54 Å². The maximum atomic E-state index is 11.7. The molecule has 164 valence electrons. The fraction of sp³-hybridized carbons (Fsp3) is 0.842. The van der Waals surface area contributed by atoms with E-state index in [0.717, 1.165) is 70.9 Å². The van der Waals surface area contributed by atoms with Crippen molar-refractivity contribution in [3.8, 4) is 0 Å². The number of rotatable bonds is 19. The zero-order chi connectivity index (χ0) is 20.9. The van der Waals surface area contributed by atoms with E-state index in [1.807, 2.05) is 0 Å². The summed E-state index contributed by atoms with van der Waals surface area (Å²) in [5.74, 6) is -0.0525.